The van der Waals surface area contributed by atoms with Gasteiger partial charge in [0.25, 0.3) is 0 Å². The van der Waals surface area contributed by atoms with Crippen molar-refractivity contribution in [2.24, 2.45) is 0 Å². The summed E-state index contributed by atoms with van der Waals surface area (Å²) in [5, 5.41) is 6.92. The van der Waals surface area contributed by atoms with Gasteiger partial charge < -0.3 is 9.88 Å². The van der Waals surface area contributed by atoms with Crippen molar-refractivity contribution in [3.05, 3.63) is 58.4 Å². The van der Waals surface area contributed by atoms with Crippen LogP contribution in [0.3, 0.4) is 0 Å². The van der Waals surface area contributed by atoms with Gasteiger partial charge in [-0.05, 0) is 41.4 Å². The Kier molecular flexibility index (Phi) is 4.19. The number of benzene rings is 1. The lowest BCUT2D eigenvalue weighted by atomic mass is 10.1. The molecule has 1 aromatic carbocycles. The van der Waals surface area contributed by atoms with Gasteiger partial charge in [0.2, 0.25) is 0 Å². The number of fused-ring (bicyclic) bond motifs is 1. The summed E-state index contributed by atoms with van der Waals surface area (Å²) in [6, 6.07) is 13.1. The Morgan fingerprint density at radius 2 is 2.10 bits per heavy atom. The maximum absolute atomic E-state index is 3.43. The van der Waals surface area contributed by atoms with E-state index in [9.17, 15) is 0 Å². The molecular formula is C17H20N2S. The molecule has 2 nitrogen and oxygen atoms in total. The second-order valence-electron chi connectivity index (χ2n) is 4.97. The van der Waals surface area contributed by atoms with Crippen molar-refractivity contribution < 1.29 is 0 Å². The van der Waals surface area contributed by atoms with E-state index < -0.39 is 0 Å². The molecule has 0 spiro atoms. The molecule has 3 aromatic rings. The first-order valence-electron chi connectivity index (χ1n) is 7.18. The van der Waals surface area contributed by atoms with Gasteiger partial charge in [0.05, 0.1) is 5.52 Å². The molecule has 0 saturated carbocycles. The number of thiophene rings is 1. The normalized spacial score (nSPS) is 11.2. The first kappa shape index (κ1) is 13.4. The Labute approximate surface area is 124 Å². The third-order valence-corrected chi connectivity index (χ3v) is 4.55. The first-order chi connectivity index (χ1) is 9.88. The van der Waals surface area contributed by atoms with Gasteiger partial charge >= 0.3 is 0 Å². The zero-order chi connectivity index (χ0) is 13.8. The third kappa shape index (κ3) is 2.79. The quantitative estimate of drug-likeness (QED) is 0.722. The highest BCUT2D eigenvalue weighted by Crippen LogP contribution is 2.21. The van der Waals surface area contributed by atoms with Crippen LogP contribution in [0.2, 0.25) is 0 Å². The second kappa shape index (κ2) is 6.25. The minimum absolute atomic E-state index is 0.941. The molecule has 3 rings (SSSR count). The summed E-state index contributed by atoms with van der Waals surface area (Å²) in [5.74, 6) is 0. The summed E-state index contributed by atoms with van der Waals surface area (Å²) >= 11 is 1.84. The van der Waals surface area contributed by atoms with E-state index >= 15 is 0 Å². The summed E-state index contributed by atoms with van der Waals surface area (Å²) in [4.78, 5) is 1.45. The summed E-state index contributed by atoms with van der Waals surface area (Å²) in [7, 11) is 0. The molecule has 104 valence electrons. The number of aryl methyl sites for hydroxylation is 2. The van der Waals surface area contributed by atoms with E-state index in [-0.39, 0.29) is 0 Å². The molecule has 0 aliphatic carbocycles. The minimum atomic E-state index is 0.941. The van der Waals surface area contributed by atoms with Crippen molar-refractivity contribution in [2.75, 3.05) is 6.54 Å². The van der Waals surface area contributed by atoms with Gasteiger partial charge in [0.1, 0.15) is 0 Å². The van der Waals surface area contributed by atoms with Crippen LogP contribution in [-0.2, 0) is 19.5 Å². The molecule has 0 radical (unpaired) electrons. The largest absolute Gasteiger partial charge is 0.347 e. The molecule has 0 atom stereocenters. The van der Waals surface area contributed by atoms with Crippen LogP contribution in [0.1, 0.15) is 17.4 Å². The average molecular weight is 284 g/mol. The molecule has 2 heterocycles. The van der Waals surface area contributed by atoms with E-state index in [4.69, 9.17) is 0 Å². The van der Waals surface area contributed by atoms with Gasteiger partial charge in [-0.25, -0.2) is 0 Å². The third-order valence-electron chi connectivity index (χ3n) is 3.62. The second-order valence-corrected chi connectivity index (χ2v) is 6.01. The summed E-state index contributed by atoms with van der Waals surface area (Å²) in [6.07, 6.45) is 3.32. The van der Waals surface area contributed by atoms with Crippen molar-refractivity contribution in [1.29, 1.82) is 0 Å². The maximum atomic E-state index is 3.43. The van der Waals surface area contributed by atoms with Crippen molar-refractivity contribution in [3.63, 3.8) is 0 Å². The molecule has 3 heteroatoms. The molecule has 20 heavy (non-hydrogen) atoms. The molecule has 0 bridgehead atoms. The molecule has 0 saturated heterocycles. The number of nitrogens with one attached hydrogen (secondary N) is 1. The molecule has 0 amide bonds. The lowest BCUT2D eigenvalue weighted by Crippen LogP contribution is -2.13. The number of rotatable bonds is 6. The Hall–Kier alpha value is -1.58. The smallest absolute Gasteiger partial charge is 0.0525 e. The number of hydrogen-bond donors (Lipinski definition) is 1. The van der Waals surface area contributed by atoms with Gasteiger partial charge in [-0.1, -0.05) is 31.2 Å². The summed E-state index contributed by atoms with van der Waals surface area (Å²) < 4.78 is 2.39. The predicted molar refractivity (Wildman–Crippen MR) is 87.3 cm³/mol. The van der Waals surface area contributed by atoms with Crippen LogP contribution in [0.25, 0.3) is 10.9 Å². The van der Waals surface area contributed by atoms with Crippen LogP contribution in [-0.4, -0.2) is 11.1 Å². The minimum Gasteiger partial charge on any atom is -0.347 e. The van der Waals surface area contributed by atoms with Crippen molar-refractivity contribution in [1.82, 2.24) is 9.88 Å². The highest BCUT2D eigenvalue weighted by atomic mass is 32.1. The van der Waals surface area contributed by atoms with E-state index in [1.54, 1.807) is 0 Å². The molecule has 0 aliphatic heterocycles. The fourth-order valence-corrected chi connectivity index (χ4v) is 3.31. The topological polar surface area (TPSA) is 17.0 Å². The van der Waals surface area contributed by atoms with E-state index in [0.717, 1.165) is 26.1 Å². The van der Waals surface area contributed by atoms with E-state index in [2.05, 4.69) is 64.8 Å². The SMILES string of the molecule is CCNCc1cccc2ccn(CCc3cccs3)c12. The first-order valence-corrected chi connectivity index (χ1v) is 8.06. The lowest BCUT2D eigenvalue weighted by molar-refractivity contribution is 0.706. The van der Waals surface area contributed by atoms with Crippen LogP contribution >= 0.6 is 11.3 Å². The highest BCUT2D eigenvalue weighted by Gasteiger charge is 2.06. The maximum Gasteiger partial charge on any atom is 0.0525 e. The molecule has 0 unspecified atom stereocenters. The Bertz CT molecular complexity index is 667. The number of nitrogens with zero attached hydrogens (tertiary/aromatic N) is 1. The Balaban J connectivity index is 1.86. The standard InChI is InChI=1S/C17H20N2S/c1-2-18-13-15-6-3-5-14-8-10-19(17(14)15)11-9-16-7-4-12-20-16/h3-8,10,12,18H,2,9,11,13H2,1H3. The molecule has 0 aliphatic rings. The van der Waals surface area contributed by atoms with Gasteiger partial charge in [-0.2, -0.15) is 0 Å². The number of aromatic nitrogens is 1. The van der Waals surface area contributed by atoms with E-state index in [1.165, 1.54) is 21.3 Å². The van der Waals surface area contributed by atoms with Crippen LogP contribution in [0.15, 0.2) is 48.0 Å². The fourth-order valence-electron chi connectivity index (χ4n) is 2.61. The van der Waals surface area contributed by atoms with Crippen LogP contribution in [0.4, 0.5) is 0 Å². The van der Waals surface area contributed by atoms with E-state index in [1.807, 2.05) is 11.3 Å². The lowest BCUT2D eigenvalue weighted by Gasteiger charge is -2.10. The molecule has 2 aromatic heterocycles. The highest BCUT2D eigenvalue weighted by molar-refractivity contribution is 7.09. The molecular weight excluding hydrogens is 264 g/mol. The zero-order valence-corrected chi connectivity index (χ0v) is 12.6. The summed E-state index contributed by atoms with van der Waals surface area (Å²) in [5.41, 5.74) is 2.77. The van der Waals surface area contributed by atoms with Crippen LogP contribution < -0.4 is 5.32 Å². The number of para-hydroxylation sites is 1. The van der Waals surface area contributed by atoms with Gasteiger partial charge in [-0.15, -0.1) is 11.3 Å². The molecule has 1 N–H and O–H groups in total. The summed E-state index contributed by atoms with van der Waals surface area (Å²) in [6.45, 7) is 5.15. The zero-order valence-electron chi connectivity index (χ0n) is 11.8. The van der Waals surface area contributed by atoms with Gasteiger partial charge in [-0.3, -0.25) is 0 Å². The predicted octanol–water partition coefficient (Wildman–Crippen LogP) is 4.06. The van der Waals surface area contributed by atoms with Crippen LogP contribution in [0, 0.1) is 0 Å². The van der Waals surface area contributed by atoms with Crippen molar-refractivity contribution in [3.8, 4) is 0 Å². The average Bonchev–Trinajstić information content (AvgIpc) is 3.12. The van der Waals surface area contributed by atoms with Gasteiger partial charge in [0, 0.05) is 24.2 Å². The van der Waals surface area contributed by atoms with Crippen molar-refractivity contribution in [2.45, 2.75) is 26.4 Å². The van der Waals surface area contributed by atoms with E-state index in [0.29, 0.717) is 0 Å². The number of hydrogen-bond acceptors (Lipinski definition) is 2. The Morgan fingerprint density at radius 1 is 1.15 bits per heavy atom. The fraction of sp³-hybridized carbons (Fsp3) is 0.294. The Morgan fingerprint density at radius 3 is 2.90 bits per heavy atom. The monoisotopic (exact) mass is 284 g/mol. The van der Waals surface area contributed by atoms with Crippen LogP contribution in [0.5, 0.6) is 0 Å². The molecule has 0 fully saturated rings. The van der Waals surface area contributed by atoms with Crippen molar-refractivity contribution >= 4 is 22.2 Å². The van der Waals surface area contributed by atoms with Gasteiger partial charge in [0.15, 0.2) is 0 Å².